The van der Waals surface area contributed by atoms with Crippen molar-refractivity contribution in [3.63, 3.8) is 0 Å². The van der Waals surface area contributed by atoms with E-state index in [1.165, 1.54) is 17.5 Å². The molecule has 2 aromatic rings. The highest BCUT2D eigenvalue weighted by atomic mass is 16.6. The standard InChI is InChI=1S/C23H25NO4/c25-22(14-28-19-8-6-15-2-1-3-17(15)12-19)24-23(16-4-5-16)18-7-9-20-21(13-18)27-11-10-26-20/h6-9,12-13,16,23H,1-5,10-11,14H2,(H,24,25)/t23-/m0/s1. The molecule has 0 bridgehead atoms. The van der Waals surface area contributed by atoms with Gasteiger partial charge in [-0.15, -0.1) is 0 Å². The molecule has 5 rings (SSSR count). The number of ether oxygens (including phenoxy) is 3. The lowest BCUT2D eigenvalue weighted by Gasteiger charge is -2.23. The molecular formula is C23H25NO4. The number of carbonyl (C=O) groups is 1. The van der Waals surface area contributed by atoms with Gasteiger partial charge in [0.05, 0.1) is 6.04 Å². The lowest BCUT2D eigenvalue weighted by Crippen LogP contribution is -2.33. The van der Waals surface area contributed by atoms with E-state index in [4.69, 9.17) is 14.2 Å². The van der Waals surface area contributed by atoms with Gasteiger partial charge in [-0.25, -0.2) is 0 Å². The number of nitrogens with one attached hydrogen (secondary N) is 1. The Morgan fingerprint density at radius 3 is 2.71 bits per heavy atom. The lowest BCUT2D eigenvalue weighted by atomic mass is 10.0. The van der Waals surface area contributed by atoms with Crippen LogP contribution in [0.25, 0.3) is 0 Å². The molecule has 1 amide bonds. The molecule has 0 unspecified atom stereocenters. The SMILES string of the molecule is O=C(COc1ccc2c(c1)CCC2)N[C@H](c1ccc2c(c1)OCCO2)C1CC1. The number of amides is 1. The largest absolute Gasteiger partial charge is 0.486 e. The van der Waals surface area contributed by atoms with Crippen LogP contribution in [-0.4, -0.2) is 25.7 Å². The Balaban J connectivity index is 1.23. The van der Waals surface area contributed by atoms with Crippen LogP contribution < -0.4 is 19.5 Å². The van der Waals surface area contributed by atoms with Gasteiger partial charge in [-0.2, -0.15) is 0 Å². The van der Waals surface area contributed by atoms with Crippen molar-refractivity contribution in [2.75, 3.05) is 19.8 Å². The molecule has 0 spiro atoms. The van der Waals surface area contributed by atoms with E-state index in [2.05, 4.69) is 17.4 Å². The van der Waals surface area contributed by atoms with E-state index in [1.807, 2.05) is 24.3 Å². The first-order valence-electron chi connectivity index (χ1n) is 10.2. The molecule has 1 saturated carbocycles. The first-order valence-corrected chi connectivity index (χ1v) is 10.2. The number of carbonyl (C=O) groups excluding carboxylic acids is 1. The van der Waals surface area contributed by atoms with Gasteiger partial charge in [0.25, 0.3) is 5.91 Å². The Morgan fingerprint density at radius 1 is 1.04 bits per heavy atom. The van der Waals surface area contributed by atoms with Gasteiger partial charge in [0.15, 0.2) is 18.1 Å². The van der Waals surface area contributed by atoms with Gasteiger partial charge in [-0.1, -0.05) is 12.1 Å². The monoisotopic (exact) mass is 379 g/mol. The van der Waals surface area contributed by atoms with Crippen LogP contribution in [0.4, 0.5) is 0 Å². The first kappa shape index (κ1) is 17.4. The van der Waals surface area contributed by atoms with Crippen LogP contribution in [0.15, 0.2) is 36.4 Å². The van der Waals surface area contributed by atoms with Crippen LogP contribution in [0.1, 0.15) is 42.0 Å². The van der Waals surface area contributed by atoms with Gasteiger partial charge in [-0.3, -0.25) is 4.79 Å². The van der Waals surface area contributed by atoms with Crippen LogP contribution >= 0.6 is 0 Å². The minimum absolute atomic E-state index is 0.00746. The predicted octanol–water partition coefficient (Wildman–Crippen LogP) is 3.59. The minimum Gasteiger partial charge on any atom is -0.486 e. The number of hydrogen-bond acceptors (Lipinski definition) is 4. The van der Waals surface area contributed by atoms with Crippen molar-refractivity contribution in [3.8, 4) is 17.2 Å². The van der Waals surface area contributed by atoms with Crippen molar-refractivity contribution >= 4 is 5.91 Å². The summed E-state index contributed by atoms with van der Waals surface area (Å²) in [5.74, 6) is 2.70. The van der Waals surface area contributed by atoms with Crippen LogP contribution in [0.5, 0.6) is 17.2 Å². The molecule has 1 fully saturated rings. The summed E-state index contributed by atoms with van der Waals surface area (Å²) in [6.45, 7) is 1.17. The minimum atomic E-state index is -0.0905. The van der Waals surface area contributed by atoms with E-state index in [-0.39, 0.29) is 18.6 Å². The zero-order valence-electron chi connectivity index (χ0n) is 15.9. The molecule has 2 aliphatic carbocycles. The smallest absolute Gasteiger partial charge is 0.258 e. The third-order valence-electron chi connectivity index (χ3n) is 5.78. The maximum Gasteiger partial charge on any atom is 0.258 e. The van der Waals surface area contributed by atoms with Crippen molar-refractivity contribution in [3.05, 3.63) is 53.1 Å². The van der Waals surface area contributed by atoms with Crippen LogP contribution in [0.3, 0.4) is 0 Å². The van der Waals surface area contributed by atoms with E-state index in [0.29, 0.717) is 19.1 Å². The van der Waals surface area contributed by atoms with Crippen molar-refractivity contribution < 1.29 is 19.0 Å². The molecule has 5 heteroatoms. The quantitative estimate of drug-likeness (QED) is 0.833. The van der Waals surface area contributed by atoms with E-state index in [9.17, 15) is 4.79 Å². The second-order valence-corrected chi connectivity index (χ2v) is 7.86. The molecule has 5 nitrogen and oxygen atoms in total. The van der Waals surface area contributed by atoms with Crippen molar-refractivity contribution in [1.82, 2.24) is 5.32 Å². The molecule has 0 aromatic heterocycles. The number of benzene rings is 2. The summed E-state index contributed by atoms with van der Waals surface area (Å²) in [6.07, 6.45) is 5.72. The number of rotatable bonds is 6. The summed E-state index contributed by atoms with van der Waals surface area (Å²) in [7, 11) is 0. The molecule has 0 radical (unpaired) electrons. The number of hydrogen-bond donors (Lipinski definition) is 1. The Labute approximate surface area is 165 Å². The molecule has 28 heavy (non-hydrogen) atoms. The van der Waals surface area contributed by atoms with Crippen LogP contribution in [-0.2, 0) is 17.6 Å². The van der Waals surface area contributed by atoms with Gasteiger partial charge in [0.1, 0.15) is 19.0 Å². The molecule has 3 aliphatic rings. The fraction of sp³-hybridized carbons (Fsp3) is 0.435. The zero-order chi connectivity index (χ0) is 18.9. The third kappa shape index (κ3) is 3.66. The number of fused-ring (bicyclic) bond motifs is 2. The summed E-state index contributed by atoms with van der Waals surface area (Å²) < 4.78 is 17.1. The highest BCUT2D eigenvalue weighted by Crippen LogP contribution is 2.43. The lowest BCUT2D eigenvalue weighted by molar-refractivity contribution is -0.124. The van der Waals surface area contributed by atoms with Crippen LogP contribution in [0.2, 0.25) is 0 Å². The average molecular weight is 379 g/mol. The summed E-state index contributed by atoms with van der Waals surface area (Å²) >= 11 is 0. The maximum absolute atomic E-state index is 12.6. The molecule has 1 aliphatic heterocycles. The topological polar surface area (TPSA) is 56.8 Å². The van der Waals surface area contributed by atoms with Gasteiger partial charge < -0.3 is 19.5 Å². The van der Waals surface area contributed by atoms with Crippen molar-refractivity contribution in [2.24, 2.45) is 5.92 Å². The van der Waals surface area contributed by atoms with Crippen molar-refractivity contribution in [2.45, 2.75) is 38.1 Å². The van der Waals surface area contributed by atoms with Crippen LogP contribution in [0, 0.1) is 5.92 Å². The second kappa shape index (κ2) is 7.38. The summed E-state index contributed by atoms with van der Waals surface area (Å²) in [6, 6.07) is 12.1. The number of aryl methyl sites for hydroxylation is 2. The highest BCUT2D eigenvalue weighted by molar-refractivity contribution is 5.78. The third-order valence-corrected chi connectivity index (χ3v) is 5.78. The maximum atomic E-state index is 12.6. The molecular weight excluding hydrogens is 354 g/mol. The molecule has 1 heterocycles. The normalized spacial score (nSPS) is 18.3. The highest BCUT2D eigenvalue weighted by Gasteiger charge is 2.34. The fourth-order valence-corrected chi connectivity index (χ4v) is 4.16. The van der Waals surface area contributed by atoms with Gasteiger partial charge >= 0.3 is 0 Å². The van der Waals surface area contributed by atoms with Gasteiger partial charge in [0, 0.05) is 0 Å². The van der Waals surface area contributed by atoms with E-state index < -0.39 is 0 Å². The Hall–Kier alpha value is -2.69. The average Bonchev–Trinajstić information content (AvgIpc) is 3.46. The molecule has 0 saturated heterocycles. The second-order valence-electron chi connectivity index (χ2n) is 7.86. The van der Waals surface area contributed by atoms with Gasteiger partial charge in [-0.05, 0) is 79.0 Å². The molecule has 1 N–H and O–H groups in total. The summed E-state index contributed by atoms with van der Waals surface area (Å²) in [5.41, 5.74) is 3.83. The summed E-state index contributed by atoms with van der Waals surface area (Å²) in [4.78, 5) is 12.6. The molecule has 2 aromatic carbocycles. The molecule has 146 valence electrons. The fourth-order valence-electron chi connectivity index (χ4n) is 4.16. The zero-order valence-corrected chi connectivity index (χ0v) is 15.9. The Bertz CT molecular complexity index is 890. The van der Waals surface area contributed by atoms with E-state index >= 15 is 0 Å². The Kier molecular flexibility index (Phi) is 4.59. The van der Waals surface area contributed by atoms with Gasteiger partial charge in [0.2, 0.25) is 0 Å². The molecule has 1 atom stereocenters. The summed E-state index contributed by atoms with van der Waals surface area (Å²) in [5, 5.41) is 3.16. The predicted molar refractivity (Wildman–Crippen MR) is 105 cm³/mol. The van der Waals surface area contributed by atoms with E-state index in [1.54, 1.807) is 0 Å². The Morgan fingerprint density at radius 2 is 1.86 bits per heavy atom. The van der Waals surface area contributed by atoms with Crippen molar-refractivity contribution in [1.29, 1.82) is 0 Å². The first-order chi connectivity index (χ1) is 13.8. The van der Waals surface area contributed by atoms with E-state index in [0.717, 1.165) is 48.5 Å².